The Morgan fingerprint density at radius 3 is 2.82 bits per heavy atom. The van der Waals surface area contributed by atoms with Gasteiger partial charge in [0.2, 0.25) is 5.96 Å². The highest BCUT2D eigenvalue weighted by molar-refractivity contribution is 9.10. The fourth-order valence-electron chi connectivity index (χ4n) is 2.37. The Labute approximate surface area is 109 Å². The van der Waals surface area contributed by atoms with Crippen LogP contribution >= 0.6 is 15.9 Å². The molecule has 0 bridgehead atoms. The molecule has 2 aliphatic heterocycles. The van der Waals surface area contributed by atoms with Gasteiger partial charge in [-0.25, -0.2) is 4.98 Å². The first-order valence-electron chi connectivity index (χ1n) is 6.03. The average molecular weight is 295 g/mol. The number of guanidine groups is 1. The molecule has 0 radical (unpaired) electrons. The molecule has 2 aliphatic rings. The molecule has 0 spiro atoms. The van der Waals surface area contributed by atoms with Crippen LogP contribution in [0.4, 0.5) is 5.82 Å². The highest BCUT2D eigenvalue weighted by Gasteiger charge is 2.26. The maximum absolute atomic E-state index is 4.65. The number of halogens is 1. The minimum absolute atomic E-state index is 0.943. The molecule has 1 aromatic heterocycles. The summed E-state index contributed by atoms with van der Waals surface area (Å²) in [6.45, 7) is 4.22. The van der Waals surface area contributed by atoms with Crippen molar-refractivity contribution in [1.82, 2.24) is 9.88 Å². The Hall–Kier alpha value is -1.10. The standard InChI is InChI=1S/C12H15BrN4/c13-10-3-4-11(15-9-10)17-8-2-7-16-6-1-5-14-12(16)17/h3-4,9H,1-2,5-8H2. The summed E-state index contributed by atoms with van der Waals surface area (Å²) in [6.07, 6.45) is 4.19. The lowest BCUT2D eigenvalue weighted by Crippen LogP contribution is -2.52. The summed E-state index contributed by atoms with van der Waals surface area (Å²) < 4.78 is 1.01. The number of anilines is 1. The SMILES string of the molecule is Brc1ccc(N2CCCN3CCCN=C32)nc1. The lowest BCUT2D eigenvalue weighted by atomic mass is 10.2. The van der Waals surface area contributed by atoms with Crippen LogP contribution in [0.2, 0.25) is 0 Å². The van der Waals surface area contributed by atoms with Crippen LogP contribution in [0.5, 0.6) is 0 Å². The molecule has 0 unspecified atom stereocenters. The van der Waals surface area contributed by atoms with Crippen LogP contribution in [0.25, 0.3) is 0 Å². The molecule has 90 valence electrons. The van der Waals surface area contributed by atoms with E-state index in [0.29, 0.717) is 0 Å². The van der Waals surface area contributed by atoms with E-state index in [1.54, 1.807) is 0 Å². The van der Waals surface area contributed by atoms with E-state index in [-0.39, 0.29) is 0 Å². The maximum Gasteiger partial charge on any atom is 0.202 e. The molecule has 3 rings (SSSR count). The Balaban J connectivity index is 1.90. The molecule has 0 aliphatic carbocycles. The number of aliphatic imine (C=N–C) groups is 1. The third kappa shape index (κ3) is 2.16. The van der Waals surface area contributed by atoms with E-state index in [1.807, 2.05) is 18.3 Å². The van der Waals surface area contributed by atoms with Crippen LogP contribution in [-0.2, 0) is 0 Å². The smallest absolute Gasteiger partial charge is 0.202 e. The molecule has 1 aromatic rings. The number of hydrogen-bond acceptors (Lipinski definition) is 4. The molecular formula is C12H15BrN4. The molecule has 4 nitrogen and oxygen atoms in total. The topological polar surface area (TPSA) is 31.7 Å². The molecule has 17 heavy (non-hydrogen) atoms. The number of fused-ring (bicyclic) bond motifs is 1. The predicted molar refractivity (Wildman–Crippen MR) is 72.4 cm³/mol. The molecule has 0 saturated carbocycles. The Kier molecular flexibility index (Phi) is 3.01. The quantitative estimate of drug-likeness (QED) is 0.795. The minimum atomic E-state index is 0.943. The van der Waals surface area contributed by atoms with E-state index in [4.69, 9.17) is 0 Å². The van der Waals surface area contributed by atoms with Gasteiger partial charge >= 0.3 is 0 Å². The van der Waals surface area contributed by atoms with Crippen molar-refractivity contribution in [1.29, 1.82) is 0 Å². The molecule has 5 heteroatoms. The first-order chi connectivity index (χ1) is 8.34. The minimum Gasteiger partial charge on any atom is -0.342 e. The van der Waals surface area contributed by atoms with Gasteiger partial charge in [0, 0.05) is 36.8 Å². The zero-order chi connectivity index (χ0) is 11.7. The average Bonchev–Trinajstić information content (AvgIpc) is 2.39. The summed E-state index contributed by atoms with van der Waals surface area (Å²) in [5.74, 6) is 2.11. The highest BCUT2D eigenvalue weighted by atomic mass is 79.9. The van der Waals surface area contributed by atoms with Crippen LogP contribution in [0.1, 0.15) is 12.8 Å². The van der Waals surface area contributed by atoms with Gasteiger partial charge < -0.3 is 4.90 Å². The molecular weight excluding hydrogens is 280 g/mol. The summed E-state index contributed by atoms with van der Waals surface area (Å²) in [4.78, 5) is 13.7. The second-order valence-electron chi connectivity index (χ2n) is 4.36. The largest absolute Gasteiger partial charge is 0.342 e. The number of nitrogens with zero attached hydrogens (tertiary/aromatic N) is 4. The van der Waals surface area contributed by atoms with E-state index in [2.05, 4.69) is 35.7 Å². The lowest BCUT2D eigenvalue weighted by Gasteiger charge is -2.40. The van der Waals surface area contributed by atoms with Gasteiger partial charge in [0.1, 0.15) is 5.82 Å². The summed E-state index contributed by atoms with van der Waals surface area (Å²) >= 11 is 3.42. The van der Waals surface area contributed by atoms with Gasteiger partial charge in [0.25, 0.3) is 0 Å². The van der Waals surface area contributed by atoms with Gasteiger partial charge in [-0.1, -0.05) is 0 Å². The van der Waals surface area contributed by atoms with Crippen molar-refractivity contribution in [2.45, 2.75) is 12.8 Å². The van der Waals surface area contributed by atoms with Crippen molar-refractivity contribution in [3.63, 3.8) is 0 Å². The Morgan fingerprint density at radius 1 is 1.12 bits per heavy atom. The van der Waals surface area contributed by atoms with Crippen molar-refractivity contribution < 1.29 is 0 Å². The van der Waals surface area contributed by atoms with E-state index < -0.39 is 0 Å². The van der Waals surface area contributed by atoms with Crippen LogP contribution in [0.3, 0.4) is 0 Å². The van der Waals surface area contributed by atoms with Crippen LogP contribution in [-0.4, -0.2) is 42.0 Å². The van der Waals surface area contributed by atoms with E-state index in [9.17, 15) is 0 Å². The molecule has 3 heterocycles. The lowest BCUT2D eigenvalue weighted by molar-refractivity contribution is 0.359. The zero-order valence-electron chi connectivity index (χ0n) is 9.64. The molecule has 1 saturated heterocycles. The molecule has 0 N–H and O–H groups in total. The number of aromatic nitrogens is 1. The van der Waals surface area contributed by atoms with Crippen LogP contribution in [0, 0.1) is 0 Å². The van der Waals surface area contributed by atoms with Gasteiger partial charge in [0.15, 0.2) is 0 Å². The van der Waals surface area contributed by atoms with Crippen LogP contribution in [0.15, 0.2) is 27.8 Å². The Morgan fingerprint density at radius 2 is 2.00 bits per heavy atom. The van der Waals surface area contributed by atoms with Gasteiger partial charge in [-0.2, -0.15) is 0 Å². The highest BCUT2D eigenvalue weighted by Crippen LogP contribution is 2.21. The van der Waals surface area contributed by atoms with Crippen LogP contribution < -0.4 is 4.90 Å². The number of hydrogen-bond donors (Lipinski definition) is 0. The monoisotopic (exact) mass is 294 g/mol. The summed E-state index contributed by atoms with van der Waals surface area (Å²) in [5.41, 5.74) is 0. The Bertz CT molecular complexity index is 429. The third-order valence-electron chi connectivity index (χ3n) is 3.16. The van der Waals surface area contributed by atoms with E-state index >= 15 is 0 Å². The third-order valence-corrected chi connectivity index (χ3v) is 3.63. The number of pyridine rings is 1. The normalized spacial score (nSPS) is 19.9. The van der Waals surface area contributed by atoms with Crippen molar-refractivity contribution in [3.05, 3.63) is 22.8 Å². The second-order valence-corrected chi connectivity index (χ2v) is 5.28. The fraction of sp³-hybridized carbons (Fsp3) is 0.500. The second kappa shape index (κ2) is 4.64. The summed E-state index contributed by atoms with van der Waals surface area (Å²) in [6, 6.07) is 4.08. The predicted octanol–water partition coefficient (Wildman–Crippen LogP) is 2.12. The van der Waals surface area contributed by atoms with Gasteiger partial charge in [0.05, 0.1) is 0 Å². The summed E-state index contributed by atoms with van der Waals surface area (Å²) in [7, 11) is 0. The van der Waals surface area contributed by atoms with Crippen molar-refractivity contribution >= 4 is 27.7 Å². The molecule has 0 atom stereocenters. The molecule has 0 amide bonds. The van der Waals surface area contributed by atoms with Gasteiger partial charge in [-0.05, 0) is 40.9 Å². The van der Waals surface area contributed by atoms with Gasteiger partial charge in [-0.15, -0.1) is 0 Å². The summed E-state index contributed by atoms with van der Waals surface area (Å²) in [5, 5.41) is 0. The first-order valence-corrected chi connectivity index (χ1v) is 6.82. The van der Waals surface area contributed by atoms with E-state index in [0.717, 1.165) is 42.4 Å². The number of rotatable bonds is 1. The van der Waals surface area contributed by atoms with Crippen molar-refractivity contribution in [2.24, 2.45) is 4.99 Å². The molecule has 1 fully saturated rings. The fourth-order valence-corrected chi connectivity index (χ4v) is 2.61. The zero-order valence-corrected chi connectivity index (χ0v) is 11.2. The maximum atomic E-state index is 4.65. The van der Waals surface area contributed by atoms with Crippen molar-refractivity contribution in [2.75, 3.05) is 31.1 Å². The van der Waals surface area contributed by atoms with E-state index in [1.165, 1.54) is 12.8 Å². The van der Waals surface area contributed by atoms with Crippen molar-refractivity contribution in [3.8, 4) is 0 Å². The first kappa shape index (κ1) is 11.0. The molecule has 0 aromatic carbocycles. The van der Waals surface area contributed by atoms with Gasteiger partial charge in [-0.3, -0.25) is 9.89 Å².